The van der Waals surface area contributed by atoms with Crippen molar-refractivity contribution in [1.82, 2.24) is 4.90 Å². The molecule has 1 amide bonds. The first-order valence-corrected chi connectivity index (χ1v) is 8.52. The maximum Gasteiger partial charge on any atom is 0.222 e. The van der Waals surface area contributed by atoms with Gasteiger partial charge in [-0.25, -0.2) is 0 Å². The van der Waals surface area contributed by atoms with Gasteiger partial charge in [-0.3, -0.25) is 4.79 Å². The molecule has 6 heteroatoms. The van der Waals surface area contributed by atoms with Crippen molar-refractivity contribution >= 4 is 5.91 Å². The molecule has 2 rings (SSSR count). The lowest BCUT2D eigenvalue weighted by Crippen LogP contribution is -2.38. The van der Waals surface area contributed by atoms with Crippen LogP contribution in [0, 0.1) is 0 Å². The van der Waals surface area contributed by atoms with Gasteiger partial charge >= 0.3 is 0 Å². The van der Waals surface area contributed by atoms with Gasteiger partial charge in [-0.15, -0.1) is 0 Å². The molecular formula is C18H28N2O4. The van der Waals surface area contributed by atoms with Crippen molar-refractivity contribution in [2.75, 3.05) is 27.3 Å². The monoisotopic (exact) mass is 336 g/mol. The van der Waals surface area contributed by atoms with E-state index in [2.05, 4.69) is 0 Å². The van der Waals surface area contributed by atoms with Crippen LogP contribution in [0.5, 0.6) is 11.5 Å². The minimum Gasteiger partial charge on any atom is -0.496 e. The Bertz CT molecular complexity index is 562. The molecule has 1 aromatic rings. The van der Waals surface area contributed by atoms with Gasteiger partial charge in [-0.05, 0) is 31.5 Å². The molecular weight excluding hydrogens is 308 g/mol. The number of nitrogens with zero attached hydrogens (tertiary/aromatic N) is 1. The molecule has 134 valence electrons. The summed E-state index contributed by atoms with van der Waals surface area (Å²) in [4.78, 5) is 14.2. The summed E-state index contributed by atoms with van der Waals surface area (Å²) in [6, 6.07) is 3.60. The number of nitrogens with two attached hydrogens (primary N) is 1. The molecule has 0 aliphatic carbocycles. The second kappa shape index (κ2) is 8.89. The number of hydrogen-bond acceptors (Lipinski definition) is 5. The van der Waals surface area contributed by atoms with E-state index in [0.29, 0.717) is 31.0 Å². The van der Waals surface area contributed by atoms with Crippen molar-refractivity contribution in [2.24, 2.45) is 5.73 Å². The van der Waals surface area contributed by atoms with E-state index in [9.17, 15) is 9.90 Å². The highest BCUT2D eigenvalue weighted by Gasteiger charge is 2.31. The fraction of sp³-hybridized carbons (Fsp3) is 0.611. The summed E-state index contributed by atoms with van der Waals surface area (Å²) in [5, 5.41) is 10.5. The number of amides is 1. The number of ether oxygens (including phenoxy) is 2. The molecule has 1 aliphatic rings. The predicted octanol–water partition coefficient (Wildman–Crippen LogP) is 1.99. The summed E-state index contributed by atoms with van der Waals surface area (Å²) < 4.78 is 10.7. The third-order valence-corrected chi connectivity index (χ3v) is 4.49. The van der Waals surface area contributed by atoms with Crippen molar-refractivity contribution in [3.63, 3.8) is 0 Å². The first kappa shape index (κ1) is 18.5. The summed E-state index contributed by atoms with van der Waals surface area (Å²) in [5.41, 5.74) is 7.03. The molecule has 0 bridgehead atoms. The molecule has 1 aromatic carbocycles. The maximum absolute atomic E-state index is 12.5. The van der Waals surface area contributed by atoms with Gasteiger partial charge < -0.3 is 25.2 Å². The third kappa shape index (κ3) is 4.19. The number of aliphatic hydroxyl groups excluding tert-OH is 1. The lowest BCUT2D eigenvalue weighted by Gasteiger charge is -2.34. The van der Waals surface area contributed by atoms with Gasteiger partial charge in [-0.2, -0.15) is 0 Å². The quantitative estimate of drug-likeness (QED) is 0.709. The number of aliphatic hydroxyl groups is 1. The van der Waals surface area contributed by atoms with E-state index in [-0.39, 0.29) is 12.5 Å². The van der Waals surface area contributed by atoms with E-state index in [1.165, 1.54) is 0 Å². The summed E-state index contributed by atoms with van der Waals surface area (Å²) >= 11 is 0. The fourth-order valence-corrected chi connectivity index (χ4v) is 3.20. The van der Waals surface area contributed by atoms with Crippen LogP contribution < -0.4 is 15.2 Å². The zero-order valence-corrected chi connectivity index (χ0v) is 14.6. The van der Waals surface area contributed by atoms with Gasteiger partial charge in [-0.1, -0.05) is 12.8 Å². The minimum atomic E-state index is -0.764. The molecule has 3 N–H and O–H groups in total. The van der Waals surface area contributed by atoms with Crippen molar-refractivity contribution in [1.29, 1.82) is 0 Å². The largest absolute Gasteiger partial charge is 0.496 e. The average molecular weight is 336 g/mol. The Kier molecular flexibility index (Phi) is 6.87. The second-order valence-electron chi connectivity index (χ2n) is 6.11. The average Bonchev–Trinajstić information content (AvgIpc) is 2.60. The van der Waals surface area contributed by atoms with E-state index < -0.39 is 6.10 Å². The summed E-state index contributed by atoms with van der Waals surface area (Å²) in [7, 11) is 3.17. The van der Waals surface area contributed by atoms with Crippen LogP contribution in [-0.4, -0.2) is 43.2 Å². The lowest BCUT2D eigenvalue weighted by molar-refractivity contribution is -0.134. The van der Waals surface area contributed by atoms with Crippen LogP contribution in [0.1, 0.15) is 49.3 Å². The van der Waals surface area contributed by atoms with Crippen LogP contribution in [0.25, 0.3) is 0 Å². The number of hydrogen-bond donors (Lipinski definition) is 2. The minimum absolute atomic E-state index is 0.0670. The molecule has 0 fully saturated rings. The number of unbranched alkanes of at least 4 members (excludes halogenated alkanes) is 3. The van der Waals surface area contributed by atoms with Gasteiger partial charge in [0, 0.05) is 24.1 Å². The molecule has 0 saturated heterocycles. The number of carbonyl (C=O) groups is 1. The lowest BCUT2D eigenvalue weighted by atomic mass is 9.95. The van der Waals surface area contributed by atoms with Crippen molar-refractivity contribution in [3.8, 4) is 11.5 Å². The maximum atomic E-state index is 12.5. The summed E-state index contributed by atoms with van der Waals surface area (Å²) in [6.07, 6.45) is 3.65. The van der Waals surface area contributed by atoms with E-state index >= 15 is 0 Å². The van der Waals surface area contributed by atoms with Crippen LogP contribution >= 0.6 is 0 Å². The highest BCUT2D eigenvalue weighted by Crippen LogP contribution is 2.39. The topological polar surface area (TPSA) is 85.0 Å². The third-order valence-electron chi connectivity index (χ3n) is 4.49. The Hall–Kier alpha value is -1.79. The Labute approximate surface area is 143 Å². The van der Waals surface area contributed by atoms with E-state index in [4.69, 9.17) is 15.2 Å². The number of β-amino-alcohol motifs (C(OH)–C–C–N with tert-alkyl or cyclic N) is 1. The molecule has 0 spiro atoms. The fourth-order valence-electron chi connectivity index (χ4n) is 3.20. The van der Waals surface area contributed by atoms with Crippen LogP contribution in [0.15, 0.2) is 12.1 Å². The van der Waals surface area contributed by atoms with Crippen LogP contribution in [0.4, 0.5) is 0 Å². The van der Waals surface area contributed by atoms with Crippen LogP contribution in [0.2, 0.25) is 0 Å². The Morgan fingerprint density at radius 1 is 1.21 bits per heavy atom. The second-order valence-corrected chi connectivity index (χ2v) is 6.11. The van der Waals surface area contributed by atoms with Gasteiger partial charge in [0.05, 0.1) is 20.8 Å². The molecule has 1 heterocycles. The first-order valence-electron chi connectivity index (χ1n) is 8.52. The standard InChI is InChI=1S/C18H28N2O4/c1-23-15-8-9-16(24-2)18-13(15)11-20(12-14(18)21)17(22)7-5-3-4-6-10-19/h8-9,14,21H,3-7,10-12,19H2,1-2H3. The Morgan fingerprint density at radius 2 is 1.88 bits per heavy atom. The number of fused-ring (bicyclic) bond motifs is 1. The van der Waals surface area contributed by atoms with Gasteiger partial charge in [0.1, 0.15) is 17.6 Å². The van der Waals surface area contributed by atoms with Gasteiger partial charge in [0.15, 0.2) is 0 Å². The Balaban J connectivity index is 2.06. The van der Waals surface area contributed by atoms with Crippen molar-refractivity contribution in [2.45, 2.75) is 44.8 Å². The number of carbonyl (C=O) groups excluding carboxylic acids is 1. The normalized spacial score (nSPS) is 16.7. The molecule has 0 radical (unpaired) electrons. The van der Waals surface area contributed by atoms with Gasteiger partial charge in [0.25, 0.3) is 0 Å². The number of benzene rings is 1. The smallest absolute Gasteiger partial charge is 0.222 e. The zero-order chi connectivity index (χ0) is 17.5. The number of methoxy groups -OCH3 is 2. The molecule has 1 unspecified atom stereocenters. The van der Waals surface area contributed by atoms with E-state index in [0.717, 1.165) is 36.8 Å². The molecule has 0 saturated carbocycles. The van der Waals surface area contributed by atoms with E-state index in [1.807, 2.05) is 6.07 Å². The molecule has 24 heavy (non-hydrogen) atoms. The highest BCUT2D eigenvalue weighted by atomic mass is 16.5. The molecule has 1 aliphatic heterocycles. The Morgan fingerprint density at radius 3 is 2.54 bits per heavy atom. The highest BCUT2D eigenvalue weighted by molar-refractivity contribution is 5.77. The van der Waals surface area contributed by atoms with Crippen LogP contribution in [0.3, 0.4) is 0 Å². The van der Waals surface area contributed by atoms with Crippen LogP contribution in [-0.2, 0) is 11.3 Å². The molecule has 6 nitrogen and oxygen atoms in total. The zero-order valence-electron chi connectivity index (χ0n) is 14.6. The summed E-state index contributed by atoms with van der Waals surface area (Å²) in [5.74, 6) is 1.37. The molecule has 0 aromatic heterocycles. The summed E-state index contributed by atoms with van der Waals surface area (Å²) in [6.45, 7) is 1.43. The van der Waals surface area contributed by atoms with Crippen molar-refractivity contribution in [3.05, 3.63) is 23.3 Å². The van der Waals surface area contributed by atoms with Crippen molar-refractivity contribution < 1.29 is 19.4 Å². The predicted molar refractivity (Wildman–Crippen MR) is 92.1 cm³/mol. The first-order chi connectivity index (χ1) is 11.6. The SMILES string of the molecule is COc1ccc(OC)c2c1CN(C(=O)CCCCCCN)CC2O. The van der Waals surface area contributed by atoms with Gasteiger partial charge in [0.2, 0.25) is 5.91 Å². The number of rotatable bonds is 8. The van der Waals surface area contributed by atoms with E-state index in [1.54, 1.807) is 25.2 Å². The molecule has 1 atom stereocenters.